The minimum atomic E-state index is -4.13. The van der Waals surface area contributed by atoms with Gasteiger partial charge in [0.05, 0.1) is 19.0 Å². The lowest BCUT2D eigenvalue weighted by atomic mass is 10.1. The molecule has 1 aliphatic rings. The monoisotopic (exact) mass is 520 g/mol. The van der Waals surface area contributed by atoms with Crippen LogP contribution in [0.25, 0.3) is 5.31 Å². The van der Waals surface area contributed by atoms with E-state index in [4.69, 9.17) is 9.05 Å². The summed E-state index contributed by atoms with van der Waals surface area (Å²) in [6.45, 7) is 3.27. The van der Waals surface area contributed by atoms with E-state index in [1.807, 2.05) is 0 Å². The zero-order valence-electron chi connectivity index (χ0n) is 19.6. The summed E-state index contributed by atoms with van der Waals surface area (Å²) >= 11 is 0. The molecule has 0 aliphatic carbocycles. The first-order chi connectivity index (χ1) is 16.7. The van der Waals surface area contributed by atoms with Crippen LogP contribution in [0.4, 0.5) is 0 Å². The summed E-state index contributed by atoms with van der Waals surface area (Å²) in [5, 5.41) is 3.79. The van der Waals surface area contributed by atoms with Crippen molar-refractivity contribution < 1.29 is 31.6 Å². The fraction of sp³-hybridized carbons (Fsp3) is 0.333. The van der Waals surface area contributed by atoms with E-state index in [2.05, 4.69) is 10.6 Å². The lowest BCUT2D eigenvalue weighted by Crippen LogP contribution is -2.43. The van der Waals surface area contributed by atoms with Gasteiger partial charge in [-0.15, -0.1) is 0 Å². The summed E-state index contributed by atoms with van der Waals surface area (Å²) in [6, 6.07) is 16.5. The maximum atomic E-state index is 14.0. The Morgan fingerprint density at radius 3 is 1.97 bits per heavy atom. The van der Waals surface area contributed by atoms with Crippen molar-refractivity contribution in [3.8, 4) is 0 Å². The molecule has 1 fully saturated rings. The second-order valence-electron chi connectivity index (χ2n) is 7.71. The minimum Gasteiger partial charge on any atom is -0.334 e. The molecule has 1 saturated heterocycles. The predicted molar refractivity (Wildman–Crippen MR) is 133 cm³/mol. The van der Waals surface area contributed by atoms with Gasteiger partial charge >= 0.3 is 7.60 Å². The summed E-state index contributed by atoms with van der Waals surface area (Å²) in [5.41, 5.74) is 0.185. The van der Waals surface area contributed by atoms with E-state index in [-0.39, 0.29) is 36.3 Å². The van der Waals surface area contributed by atoms with Gasteiger partial charge in [0, 0.05) is 5.56 Å². The first kappa shape index (κ1) is 26.8. The fourth-order valence-electron chi connectivity index (χ4n) is 3.71. The van der Waals surface area contributed by atoms with Crippen LogP contribution in [0.2, 0.25) is 0 Å². The van der Waals surface area contributed by atoms with Gasteiger partial charge in [-0.05, 0) is 44.4 Å². The zero-order chi connectivity index (χ0) is 25.5. The number of benzene rings is 2. The standard InChI is InChI=1S/C24H29N2O7PS/c1-3-32-34(29,33-4-2)22(18-12-7-5-8-13-18)21(26-23(27)19-14-9-6-10-15-19)24(28)25-20-16-11-17-35(20,30)31/h5-10,12-15,20H,3-4,11,16-17H2,1-2H3,(H,25,28)(H,26,27)/b22-21-. The van der Waals surface area contributed by atoms with Crippen LogP contribution in [-0.4, -0.2) is 44.6 Å². The number of sulfone groups is 1. The van der Waals surface area contributed by atoms with Crippen molar-refractivity contribution in [2.45, 2.75) is 32.1 Å². The van der Waals surface area contributed by atoms with E-state index in [0.717, 1.165) is 0 Å². The number of nitrogens with one attached hydrogen (secondary N) is 2. The maximum Gasteiger partial charge on any atom is 0.364 e. The number of amides is 2. The first-order valence-electron chi connectivity index (χ1n) is 11.3. The quantitative estimate of drug-likeness (QED) is 0.361. The second kappa shape index (κ2) is 11.8. The lowest BCUT2D eigenvalue weighted by molar-refractivity contribution is -0.118. The minimum absolute atomic E-state index is 0.00610. The number of hydrogen-bond donors (Lipinski definition) is 2. The van der Waals surface area contributed by atoms with Crippen molar-refractivity contribution in [3.05, 3.63) is 77.5 Å². The molecule has 0 aromatic heterocycles. The highest BCUT2D eigenvalue weighted by atomic mass is 32.2. The van der Waals surface area contributed by atoms with Crippen molar-refractivity contribution in [1.29, 1.82) is 0 Å². The van der Waals surface area contributed by atoms with Crippen LogP contribution < -0.4 is 10.6 Å². The average Bonchev–Trinajstić information content (AvgIpc) is 3.17. The molecule has 1 aliphatic heterocycles. The summed E-state index contributed by atoms with van der Waals surface area (Å²) in [4.78, 5) is 26.6. The van der Waals surface area contributed by atoms with E-state index in [1.54, 1.807) is 74.5 Å². The van der Waals surface area contributed by atoms with Gasteiger partial charge in [0.2, 0.25) is 0 Å². The molecule has 1 heterocycles. The fourth-order valence-corrected chi connectivity index (χ4v) is 7.29. The van der Waals surface area contributed by atoms with Crippen molar-refractivity contribution in [3.63, 3.8) is 0 Å². The van der Waals surface area contributed by atoms with Crippen LogP contribution in [0.5, 0.6) is 0 Å². The summed E-state index contributed by atoms with van der Waals surface area (Å²) in [5.74, 6) is -1.59. The Morgan fingerprint density at radius 1 is 0.943 bits per heavy atom. The van der Waals surface area contributed by atoms with Crippen molar-refractivity contribution >= 4 is 34.6 Å². The van der Waals surface area contributed by atoms with Gasteiger partial charge in [-0.2, -0.15) is 0 Å². The van der Waals surface area contributed by atoms with E-state index in [1.165, 1.54) is 0 Å². The molecule has 0 bridgehead atoms. The maximum absolute atomic E-state index is 14.0. The van der Waals surface area contributed by atoms with Gasteiger partial charge in [0.1, 0.15) is 16.4 Å². The highest BCUT2D eigenvalue weighted by Crippen LogP contribution is 2.61. The lowest BCUT2D eigenvalue weighted by Gasteiger charge is -2.24. The second-order valence-corrected chi connectivity index (χ2v) is 12.0. The molecule has 2 N–H and O–H groups in total. The number of carbonyl (C=O) groups excluding carboxylic acids is 2. The number of hydrogen-bond acceptors (Lipinski definition) is 7. The topological polar surface area (TPSA) is 128 Å². The molecular formula is C24H29N2O7PS. The largest absolute Gasteiger partial charge is 0.364 e. The summed E-state index contributed by atoms with van der Waals surface area (Å²) in [6.07, 6.45) is 0.647. The molecule has 2 amide bonds. The van der Waals surface area contributed by atoms with Crippen molar-refractivity contribution in [2.75, 3.05) is 19.0 Å². The van der Waals surface area contributed by atoms with Gasteiger partial charge in [-0.3, -0.25) is 14.2 Å². The Kier molecular flexibility index (Phi) is 9.02. The number of rotatable bonds is 10. The Bertz CT molecular complexity index is 1220. The summed E-state index contributed by atoms with van der Waals surface area (Å²) < 4.78 is 49.8. The van der Waals surface area contributed by atoms with E-state index < -0.39 is 40.3 Å². The van der Waals surface area contributed by atoms with Crippen LogP contribution in [0.3, 0.4) is 0 Å². The smallest absolute Gasteiger partial charge is 0.334 e. The van der Waals surface area contributed by atoms with Crippen LogP contribution in [-0.2, 0) is 28.2 Å². The van der Waals surface area contributed by atoms with Crippen LogP contribution in [0, 0.1) is 0 Å². The molecule has 2 aromatic rings. The normalized spacial score (nSPS) is 17.9. The van der Waals surface area contributed by atoms with Gasteiger partial charge in [-0.25, -0.2) is 8.42 Å². The van der Waals surface area contributed by atoms with Gasteiger partial charge < -0.3 is 19.7 Å². The molecule has 1 unspecified atom stereocenters. The molecule has 0 spiro atoms. The highest BCUT2D eigenvalue weighted by molar-refractivity contribution is 7.92. The molecular weight excluding hydrogens is 491 g/mol. The molecule has 188 valence electrons. The van der Waals surface area contributed by atoms with Crippen LogP contribution >= 0.6 is 7.60 Å². The first-order valence-corrected chi connectivity index (χ1v) is 14.6. The molecule has 0 radical (unpaired) electrons. The Labute approximate surface area is 205 Å². The average molecular weight is 521 g/mol. The van der Waals surface area contributed by atoms with Gasteiger partial charge in [-0.1, -0.05) is 48.5 Å². The third kappa shape index (κ3) is 6.46. The summed E-state index contributed by atoms with van der Waals surface area (Å²) in [7, 11) is -7.67. The third-order valence-corrected chi connectivity index (χ3v) is 9.58. The van der Waals surface area contributed by atoms with Crippen LogP contribution in [0.15, 0.2) is 66.4 Å². The molecule has 11 heteroatoms. The molecule has 3 rings (SSSR count). The molecule has 1 atom stereocenters. The van der Waals surface area contributed by atoms with Crippen LogP contribution in [0.1, 0.15) is 42.6 Å². The zero-order valence-corrected chi connectivity index (χ0v) is 21.3. The highest BCUT2D eigenvalue weighted by Gasteiger charge is 2.39. The predicted octanol–water partition coefficient (Wildman–Crippen LogP) is 3.70. The van der Waals surface area contributed by atoms with Gasteiger partial charge in [0.25, 0.3) is 11.8 Å². The van der Waals surface area contributed by atoms with E-state index >= 15 is 0 Å². The number of carbonyl (C=O) groups is 2. The van der Waals surface area contributed by atoms with Crippen molar-refractivity contribution in [1.82, 2.24) is 10.6 Å². The van der Waals surface area contributed by atoms with E-state index in [9.17, 15) is 22.6 Å². The third-order valence-electron chi connectivity index (χ3n) is 5.28. The molecule has 35 heavy (non-hydrogen) atoms. The molecule has 9 nitrogen and oxygen atoms in total. The Balaban J connectivity index is 2.20. The molecule has 2 aromatic carbocycles. The van der Waals surface area contributed by atoms with Crippen molar-refractivity contribution in [2.24, 2.45) is 0 Å². The Hall–Kier alpha value is -2.78. The molecule has 0 saturated carbocycles. The van der Waals surface area contributed by atoms with Gasteiger partial charge in [0.15, 0.2) is 9.84 Å². The Morgan fingerprint density at radius 2 is 1.49 bits per heavy atom. The SMILES string of the molecule is CCOP(=O)(OCC)/C(=C(\NC(=O)c1ccccc1)C(=O)NC1CCCS1(=O)=O)c1ccccc1. The van der Waals surface area contributed by atoms with E-state index in [0.29, 0.717) is 12.0 Å².